The summed E-state index contributed by atoms with van der Waals surface area (Å²) >= 11 is 0. The van der Waals surface area contributed by atoms with Gasteiger partial charge in [-0.05, 0) is 73.2 Å². The molecule has 0 aromatic heterocycles. The molecule has 3 aromatic carbocycles. The van der Waals surface area contributed by atoms with Gasteiger partial charge in [0.05, 0.1) is 12.0 Å². The number of aryl methyl sites for hydroxylation is 1. The van der Waals surface area contributed by atoms with Crippen LogP contribution in [0.4, 0.5) is 11.4 Å². The molecule has 0 heterocycles. The molecule has 0 saturated heterocycles. The smallest absolute Gasteiger partial charge is 0.261 e. The van der Waals surface area contributed by atoms with Crippen LogP contribution in [-0.4, -0.2) is 21.4 Å². The first kappa shape index (κ1) is 19.4. The third-order valence-corrected chi connectivity index (χ3v) is 5.44. The van der Waals surface area contributed by atoms with Crippen LogP contribution in [0.3, 0.4) is 0 Å². The normalized spacial score (nSPS) is 10.9. The molecule has 144 valence electrons. The maximum Gasteiger partial charge on any atom is 0.261 e. The maximum atomic E-state index is 12.5. The lowest BCUT2D eigenvalue weighted by Gasteiger charge is -2.10. The van der Waals surface area contributed by atoms with Crippen molar-refractivity contribution < 1.29 is 17.9 Å². The standard InChI is InChI=1S/C21H20N2O4S/c1-15-4-3-5-18(14-15)23-28(25,26)20-12-8-17(9-13-20)22-21(24)16-6-10-19(27-2)11-7-16/h3-14,23H,1-2H3,(H,22,24). The minimum atomic E-state index is -3.71. The molecule has 0 aliphatic rings. The summed E-state index contributed by atoms with van der Waals surface area (Å²) in [6.45, 7) is 1.89. The van der Waals surface area contributed by atoms with Gasteiger partial charge in [-0.3, -0.25) is 9.52 Å². The first-order chi connectivity index (χ1) is 13.4. The van der Waals surface area contributed by atoms with E-state index in [2.05, 4.69) is 10.0 Å². The molecule has 6 nitrogen and oxygen atoms in total. The zero-order valence-electron chi connectivity index (χ0n) is 15.5. The predicted molar refractivity (Wildman–Crippen MR) is 109 cm³/mol. The summed E-state index contributed by atoms with van der Waals surface area (Å²) in [6, 6.07) is 19.8. The van der Waals surface area contributed by atoms with Gasteiger partial charge in [0.25, 0.3) is 15.9 Å². The molecule has 0 aliphatic heterocycles. The number of hydrogen-bond acceptors (Lipinski definition) is 4. The van der Waals surface area contributed by atoms with Crippen molar-refractivity contribution >= 4 is 27.3 Å². The van der Waals surface area contributed by atoms with Crippen LogP contribution in [0.15, 0.2) is 77.7 Å². The highest BCUT2D eigenvalue weighted by Gasteiger charge is 2.14. The van der Waals surface area contributed by atoms with Crippen LogP contribution in [-0.2, 0) is 10.0 Å². The van der Waals surface area contributed by atoms with Gasteiger partial charge in [0.15, 0.2) is 0 Å². The molecule has 3 aromatic rings. The SMILES string of the molecule is COc1ccc(C(=O)Nc2ccc(S(=O)(=O)Nc3cccc(C)c3)cc2)cc1. The average Bonchev–Trinajstić information content (AvgIpc) is 2.68. The van der Waals surface area contributed by atoms with Gasteiger partial charge in [0.2, 0.25) is 0 Å². The van der Waals surface area contributed by atoms with Gasteiger partial charge in [0.1, 0.15) is 5.75 Å². The number of carbonyl (C=O) groups is 1. The van der Waals surface area contributed by atoms with Gasteiger partial charge in [-0.1, -0.05) is 12.1 Å². The van der Waals surface area contributed by atoms with Crippen LogP contribution < -0.4 is 14.8 Å². The summed E-state index contributed by atoms with van der Waals surface area (Å²) in [5, 5.41) is 2.74. The van der Waals surface area contributed by atoms with E-state index in [1.165, 1.54) is 12.1 Å². The number of amides is 1. The summed E-state index contributed by atoms with van der Waals surface area (Å²) in [7, 11) is -2.16. The Bertz CT molecular complexity index is 1080. The van der Waals surface area contributed by atoms with Crippen molar-refractivity contribution in [1.82, 2.24) is 0 Å². The molecule has 0 saturated carbocycles. The van der Waals surface area contributed by atoms with Crippen LogP contribution in [0.1, 0.15) is 15.9 Å². The summed E-state index contributed by atoms with van der Waals surface area (Å²) in [5.74, 6) is 0.364. The van der Waals surface area contributed by atoms with Crippen molar-refractivity contribution in [2.75, 3.05) is 17.1 Å². The Morgan fingerprint density at radius 2 is 1.57 bits per heavy atom. The second-order valence-electron chi connectivity index (χ2n) is 6.18. The number of ether oxygens (including phenoxy) is 1. The highest BCUT2D eigenvalue weighted by Crippen LogP contribution is 2.20. The molecule has 3 rings (SSSR count). The van der Waals surface area contributed by atoms with E-state index in [1.807, 2.05) is 13.0 Å². The van der Waals surface area contributed by atoms with Crippen molar-refractivity contribution in [3.05, 3.63) is 83.9 Å². The first-order valence-corrected chi connectivity index (χ1v) is 10.0. The molecule has 0 aliphatic carbocycles. The zero-order valence-corrected chi connectivity index (χ0v) is 16.3. The molecule has 1 amide bonds. The number of carbonyl (C=O) groups excluding carboxylic acids is 1. The second kappa shape index (κ2) is 8.14. The Balaban J connectivity index is 1.70. The number of nitrogens with one attached hydrogen (secondary N) is 2. The molecular weight excluding hydrogens is 376 g/mol. The molecule has 28 heavy (non-hydrogen) atoms. The number of sulfonamides is 1. The van der Waals surface area contributed by atoms with Crippen LogP contribution in [0.2, 0.25) is 0 Å². The number of anilines is 2. The van der Waals surface area contributed by atoms with Crippen molar-refractivity contribution in [1.29, 1.82) is 0 Å². The van der Waals surface area contributed by atoms with Gasteiger partial charge in [-0.15, -0.1) is 0 Å². The first-order valence-electron chi connectivity index (χ1n) is 8.52. The fraction of sp³-hybridized carbons (Fsp3) is 0.0952. The Hall–Kier alpha value is -3.32. The largest absolute Gasteiger partial charge is 0.497 e. The average molecular weight is 396 g/mol. The maximum absolute atomic E-state index is 12.5. The Morgan fingerprint density at radius 3 is 2.18 bits per heavy atom. The fourth-order valence-corrected chi connectivity index (χ4v) is 3.64. The van der Waals surface area contributed by atoms with E-state index >= 15 is 0 Å². The minimum Gasteiger partial charge on any atom is -0.497 e. The van der Waals surface area contributed by atoms with E-state index in [0.717, 1.165) is 5.56 Å². The van der Waals surface area contributed by atoms with E-state index in [-0.39, 0.29) is 10.8 Å². The number of benzene rings is 3. The predicted octanol–water partition coefficient (Wildman–Crippen LogP) is 4.06. The molecule has 2 N–H and O–H groups in total. The fourth-order valence-electron chi connectivity index (χ4n) is 2.59. The number of rotatable bonds is 6. The zero-order chi connectivity index (χ0) is 20.1. The lowest BCUT2D eigenvalue weighted by atomic mass is 10.2. The quantitative estimate of drug-likeness (QED) is 0.658. The topological polar surface area (TPSA) is 84.5 Å². The van der Waals surface area contributed by atoms with Crippen molar-refractivity contribution in [2.45, 2.75) is 11.8 Å². The molecule has 0 bridgehead atoms. The summed E-state index contributed by atoms with van der Waals surface area (Å²) < 4.78 is 32.6. The summed E-state index contributed by atoms with van der Waals surface area (Å²) in [5.41, 5.74) is 2.42. The van der Waals surface area contributed by atoms with Gasteiger partial charge >= 0.3 is 0 Å². The van der Waals surface area contributed by atoms with E-state index in [9.17, 15) is 13.2 Å². The molecule has 0 radical (unpaired) electrons. The van der Waals surface area contributed by atoms with Gasteiger partial charge < -0.3 is 10.1 Å². The van der Waals surface area contributed by atoms with E-state index in [0.29, 0.717) is 22.7 Å². The Labute approximate surface area is 164 Å². The highest BCUT2D eigenvalue weighted by molar-refractivity contribution is 7.92. The number of methoxy groups -OCH3 is 1. The van der Waals surface area contributed by atoms with Gasteiger partial charge in [0, 0.05) is 16.9 Å². The van der Waals surface area contributed by atoms with Crippen LogP contribution >= 0.6 is 0 Å². The van der Waals surface area contributed by atoms with Crippen molar-refractivity contribution in [2.24, 2.45) is 0 Å². The van der Waals surface area contributed by atoms with E-state index in [1.54, 1.807) is 61.7 Å². The molecule has 0 spiro atoms. The minimum absolute atomic E-state index is 0.108. The monoisotopic (exact) mass is 396 g/mol. The summed E-state index contributed by atoms with van der Waals surface area (Å²) in [4.78, 5) is 12.4. The van der Waals surface area contributed by atoms with E-state index < -0.39 is 10.0 Å². The third kappa shape index (κ3) is 4.69. The second-order valence-corrected chi connectivity index (χ2v) is 7.86. The lowest BCUT2D eigenvalue weighted by Crippen LogP contribution is -2.14. The molecule has 0 atom stereocenters. The molecule has 7 heteroatoms. The highest BCUT2D eigenvalue weighted by atomic mass is 32.2. The van der Waals surface area contributed by atoms with Crippen LogP contribution in [0, 0.1) is 6.92 Å². The molecule has 0 unspecified atom stereocenters. The molecular formula is C21H20N2O4S. The van der Waals surface area contributed by atoms with Crippen LogP contribution in [0.25, 0.3) is 0 Å². The van der Waals surface area contributed by atoms with Gasteiger partial charge in [-0.2, -0.15) is 0 Å². The summed E-state index contributed by atoms with van der Waals surface area (Å²) in [6.07, 6.45) is 0. The lowest BCUT2D eigenvalue weighted by molar-refractivity contribution is 0.102. The van der Waals surface area contributed by atoms with Gasteiger partial charge in [-0.25, -0.2) is 8.42 Å². The van der Waals surface area contributed by atoms with Crippen molar-refractivity contribution in [3.63, 3.8) is 0 Å². The van der Waals surface area contributed by atoms with Crippen LogP contribution in [0.5, 0.6) is 5.75 Å². The van der Waals surface area contributed by atoms with Crippen molar-refractivity contribution in [3.8, 4) is 5.75 Å². The number of hydrogen-bond donors (Lipinski definition) is 2. The Kier molecular flexibility index (Phi) is 5.65. The third-order valence-electron chi connectivity index (χ3n) is 4.04. The molecule has 0 fully saturated rings. The Morgan fingerprint density at radius 1 is 0.893 bits per heavy atom. The van der Waals surface area contributed by atoms with E-state index in [4.69, 9.17) is 4.74 Å².